The highest BCUT2D eigenvalue weighted by Gasteiger charge is 2.44. The Labute approximate surface area is 124 Å². The average molecular weight is 287 g/mol. The number of nitrogens with zero attached hydrogens (tertiary/aromatic N) is 1. The van der Waals surface area contributed by atoms with Crippen molar-refractivity contribution in [1.29, 1.82) is 0 Å². The number of piperazine rings is 1. The van der Waals surface area contributed by atoms with Gasteiger partial charge >= 0.3 is 0 Å². The molecule has 5 nitrogen and oxygen atoms in total. The van der Waals surface area contributed by atoms with Crippen molar-refractivity contribution in [1.82, 2.24) is 15.5 Å². The van der Waals surface area contributed by atoms with Crippen molar-refractivity contribution in [2.24, 2.45) is 0 Å². The van der Waals surface area contributed by atoms with Crippen LogP contribution in [0.4, 0.5) is 0 Å². The SMILES string of the molecule is O=C1CN(CC(=O)NCC2(c3ccccc3)CC2)CCN1. The predicted molar refractivity (Wildman–Crippen MR) is 79.8 cm³/mol. The van der Waals surface area contributed by atoms with Crippen LogP contribution < -0.4 is 10.6 Å². The van der Waals surface area contributed by atoms with Crippen molar-refractivity contribution in [3.05, 3.63) is 35.9 Å². The van der Waals surface area contributed by atoms with E-state index in [2.05, 4.69) is 22.8 Å². The minimum absolute atomic E-state index is 0.00278. The molecule has 0 aromatic heterocycles. The van der Waals surface area contributed by atoms with Gasteiger partial charge in [0.15, 0.2) is 0 Å². The topological polar surface area (TPSA) is 61.4 Å². The second-order valence-electron chi connectivity index (χ2n) is 5.98. The summed E-state index contributed by atoms with van der Waals surface area (Å²) in [4.78, 5) is 25.2. The number of amides is 2. The zero-order valence-electron chi connectivity index (χ0n) is 12.1. The van der Waals surface area contributed by atoms with Crippen molar-refractivity contribution in [3.8, 4) is 0 Å². The number of hydrogen-bond donors (Lipinski definition) is 2. The standard InChI is InChI=1S/C16H21N3O2/c20-14-10-19(9-8-17-14)11-15(21)18-12-16(6-7-16)13-4-2-1-3-5-13/h1-5H,6-12H2,(H,17,20)(H,18,21). The van der Waals surface area contributed by atoms with Crippen LogP contribution in [0.1, 0.15) is 18.4 Å². The predicted octanol–water partition coefficient (Wildman–Crippen LogP) is 0.266. The molecule has 1 aliphatic carbocycles. The summed E-state index contributed by atoms with van der Waals surface area (Å²) >= 11 is 0. The Balaban J connectivity index is 1.49. The third-order valence-corrected chi connectivity index (χ3v) is 4.35. The molecule has 1 aromatic carbocycles. The first-order chi connectivity index (χ1) is 10.2. The summed E-state index contributed by atoms with van der Waals surface area (Å²) in [6, 6.07) is 10.4. The van der Waals surface area contributed by atoms with Crippen LogP contribution in [0.2, 0.25) is 0 Å². The monoisotopic (exact) mass is 287 g/mol. The van der Waals surface area contributed by atoms with Crippen LogP contribution in [-0.4, -0.2) is 49.4 Å². The molecule has 2 N–H and O–H groups in total. The molecule has 1 saturated carbocycles. The maximum atomic E-state index is 12.0. The molecule has 3 rings (SSSR count). The lowest BCUT2D eigenvalue weighted by molar-refractivity contribution is -0.126. The van der Waals surface area contributed by atoms with Crippen LogP contribution in [0, 0.1) is 0 Å². The van der Waals surface area contributed by atoms with Crippen molar-refractivity contribution >= 4 is 11.8 Å². The highest BCUT2D eigenvalue weighted by Crippen LogP contribution is 2.47. The highest BCUT2D eigenvalue weighted by molar-refractivity contribution is 5.81. The molecule has 0 spiro atoms. The van der Waals surface area contributed by atoms with Crippen molar-refractivity contribution in [3.63, 3.8) is 0 Å². The van der Waals surface area contributed by atoms with Gasteiger partial charge in [0, 0.05) is 25.0 Å². The summed E-state index contributed by atoms with van der Waals surface area (Å²) in [7, 11) is 0. The Hall–Kier alpha value is -1.88. The largest absolute Gasteiger partial charge is 0.354 e. The van der Waals surface area contributed by atoms with Gasteiger partial charge in [0.05, 0.1) is 13.1 Å². The molecule has 21 heavy (non-hydrogen) atoms. The second kappa shape index (κ2) is 5.85. The number of carbonyl (C=O) groups is 2. The van der Waals surface area contributed by atoms with E-state index < -0.39 is 0 Å². The molecule has 2 aliphatic rings. The van der Waals surface area contributed by atoms with E-state index >= 15 is 0 Å². The van der Waals surface area contributed by atoms with E-state index in [4.69, 9.17) is 0 Å². The molecular formula is C16H21N3O2. The van der Waals surface area contributed by atoms with Gasteiger partial charge in [-0.1, -0.05) is 30.3 Å². The maximum Gasteiger partial charge on any atom is 0.234 e. The normalized spacial score (nSPS) is 20.7. The van der Waals surface area contributed by atoms with E-state index in [1.54, 1.807) is 0 Å². The molecule has 0 bridgehead atoms. The second-order valence-corrected chi connectivity index (χ2v) is 5.98. The number of benzene rings is 1. The molecule has 2 amide bonds. The fourth-order valence-electron chi connectivity index (χ4n) is 2.86. The van der Waals surface area contributed by atoms with Crippen molar-refractivity contribution in [2.75, 3.05) is 32.7 Å². The Morgan fingerprint density at radius 3 is 2.71 bits per heavy atom. The zero-order chi connectivity index (χ0) is 14.7. The fraction of sp³-hybridized carbons (Fsp3) is 0.500. The summed E-state index contributed by atoms with van der Waals surface area (Å²) < 4.78 is 0. The lowest BCUT2D eigenvalue weighted by atomic mass is 9.96. The number of rotatable bonds is 5. The maximum absolute atomic E-state index is 12.0. The van der Waals surface area contributed by atoms with Crippen LogP contribution >= 0.6 is 0 Å². The van der Waals surface area contributed by atoms with Gasteiger partial charge in [-0.15, -0.1) is 0 Å². The molecule has 1 aromatic rings. The number of carbonyl (C=O) groups excluding carboxylic acids is 2. The summed E-state index contributed by atoms with van der Waals surface area (Å²) in [6.07, 6.45) is 2.26. The molecule has 112 valence electrons. The minimum Gasteiger partial charge on any atom is -0.354 e. The van der Waals surface area contributed by atoms with Gasteiger partial charge in [-0.05, 0) is 18.4 Å². The summed E-state index contributed by atoms with van der Waals surface area (Å²) in [5.74, 6) is 0.00362. The lowest BCUT2D eigenvalue weighted by Gasteiger charge is -2.26. The summed E-state index contributed by atoms with van der Waals surface area (Å²) in [6.45, 7) is 2.68. The Morgan fingerprint density at radius 2 is 2.05 bits per heavy atom. The molecular weight excluding hydrogens is 266 g/mol. The fourth-order valence-corrected chi connectivity index (χ4v) is 2.86. The van der Waals surface area contributed by atoms with Gasteiger partial charge in [0.2, 0.25) is 11.8 Å². The first kappa shape index (κ1) is 14.1. The van der Waals surface area contributed by atoms with Gasteiger partial charge in [-0.25, -0.2) is 0 Å². The van der Waals surface area contributed by atoms with Crippen LogP contribution in [0.25, 0.3) is 0 Å². The Bertz CT molecular complexity index is 526. The van der Waals surface area contributed by atoms with Crippen LogP contribution in [0.3, 0.4) is 0 Å². The molecule has 1 heterocycles. The zero-order valence-corrected chi connectivity index (χ0v) is 12.1. The third-order valence-electron chi connectivity index (χ3n) is 4.35. The van der Waals surface area contributed by atoms with Crippen LogP contribution in [0.5, 0.6) is 0 Å². The Morgan fingerprint density at radius 1 is 1.29 bits per heavy atom. The van der Waals surface area contributed by atoms with Crippen molar-refractivity contribution in [2.45, 2.75) is 18.3 Å². The van der Waals surface area contributed by atoms with E-state index in [9.17, 15) is 9.59 Å². The van der Waals surface area contributed by atoms with Gasteiger partial charge < -0.3 is 10.6 Å². The smallest absolute Gasteiger partial charge is 0.234 e. The Kier molecular flexibility index (Phi) is 3.92. The van der Waals surface area contributed by atoms with Crippen LogP contribution in [-0.2, 0) is 15.0 Å². The van der Waals surface area contributed by atoms with Gasteiger partial charge in [0.25, 0.3) is 0 Å². The number of nitrogens with one attached hydrogen (secondary N) is 2. The first-order valence-electron chi connectivity index (χ1n) is 7.49. The van der Waals surface area contributed by atoms with E-state index in [1.807, 2.05) is 23.1 Å². The lowest BCUT2D eigenvalue weighted by Crippen LogP contribution is -2.51. The minimum atomic E-state index is -0.00278. The molecule has 0 unspecified atom stereocenters. The third kappa shape index (κ3) is 3.42. The van der Waals surface area contributed by atoms with E-state index in [-0.39, 0.29) is 17.2 Å². The van der Waals surface area contributed by atoms with Gasteiger partial charge in [-0.3, -0.25) is 14.5 Å². The molecule has 5 heteroatoms. The highest BCUT2D eigenvalue weighted by atomic mass is 16.2. The molecule has 2 fully saturated rings. The first-order valence-corrected chi connectivity index (χ1v) is 7.49. The van der Waals surface area contributed by atoms with Gasteiger partial charge in [0.1, 0.15) is 0 Å². The van der Waals surface area contributed by atoms with Crippen LogP contribution in [0.15, 0.2) is 30.3 Å². The van der Waals surface area contributed by atoms with Gasteiger partial charge in [-0.2, -0.15) is 0 Å². The molecule has 1 saturated heterocycles. The quantitative estimate of drug-likeness (QED) is 0.817. The summed E-state index contributed by atoms with van der Waals surface area (Å²) in [5.41, 5.74) is 1.44. The molecule has 1 aliphatic heterocycles. The van der Waals surface area contributed by atoms with E-state index in [0.29, 0.717) is 26.2 Å². The summed E-state index contributed by atoms with van der Waals surface area (Å²) in [5, 5.41) is 5.79. The molecule has 0 atom stereocenters. The van der Waals surface area contributed by atoms with E-state index in [1.165, 1.54) is 5.56 Å². The number of hydrogen-bond acceptors (Lipinski definition) is 3. The van der Waals surface area contributed by atoms with E-state index in [0.717, 1.165) is 19.4 Å². The molecule has 0 radical (unpaired) electrons. The average Bonchev–Trinajstić information content (AvgIpc) is 3.27. The van der Waals surface area contributed by atoms with Crippen molar-refractivity contribution < 1.29 is 9.59 Å².